The number of hydrogen-bond acceptors (Lipinski definition) is 3. The fraction of sp³-hybridized carbons (Fsp3) is 0.133. The van der Waals surface area contributed by atoms with Crippen LogP contribution in [0.1, 0.15) is 27.3 Å². The fourth-order valence-corrected chi connectivity index (χ4v) is 2.14. The molecule has 0 spiro atoms. The average molecular weight is 251 g/mol. The van der Waals surface area contributed by atoms with Gasteiger partial charge in [0.25, 0.3) is 0 Å². The highest BCUT2D eigenvalue weighted by Gasteiger charge is 2.07. The third-order valence-corrected chi connectivity index (χ3v) is 3.01. The molecule has 0 fully saturated rings. The quantitative estimate of drug-likeness (QED) is 0.672. The van der Waals surface area contributed by atoms with E-state index in [0.717, 1.165) is 12.1 Å². The van der Waals surface area contributed by atoms with Gasteiger partial charge in [-0.3, -0.25) is 4.79 Å². The zero-order chi connectivity index (χ0) is 13.2. The molecule has 4 nitrogen and oxygen atoms in total. The second kappa shape index (κ2) is 4.65. The zero-order valence-corrected chi connectivity index (χ0v) is 10.6. The number of nitrogens with zero attached hydrogens (tertiary/aromatic N) is 3. The zero-order valence-electron chi connectivity index (χ0n) is 10.6. The molecule has 0 aliphatic rings. The van der Waals surface area contributed by atoms with Gasteiger partial charge >= 0.3 is 0 Å². The monoisotopic (exact) mass is 251 g/mol. The van der Waals surface area contributed by atoms with Crippen LogP contribution in [0.2, 0.25) is 0 Å². The lowest BCUT2D eigenvalue weighted by Crippen LogP contribution is -1.92. The Kier molecular flexibility index (Phi) is 2.83. The molecule has 1 aromatic carbocycles. The van der Waals surface area contributed by atoms with Gasteiger partial charge in [0.2, 0.25) is 0 Å². The number of carbonyl (C=O) groups is 1. The first-order chi connectivity index (χ1) is 9.26. The molecule has 0 amide bonds. The van der Waals surface area contributed by atoms with Crippen LogP contribution >= 0.6 is 0 Å². The van der Waals surface area contributed by atoms with Gasteiger partial charge in [-0.2, -0.15) is 5.10 Å². The summed E-state index contributed by atoms with van der Waals surface area (Å²) in [7, 11) is 0. The molecule has 0 N–H and O–H groups in total. The first kappa shape index (κ1) is 11.6. The predicted octanol–water partition coefficient (Wildman–Crippen LogP) is 2.44. The van der Waals surface area contributed by atoms with Crippen LogP contribution in [-0.2, 0) is 6.42 Å². The van der Waals surface area contributed by atoms with E-state index in [2.05, 4.69) is 35.2 Å². The second-order valence-electron chi connectivity index (χ2n) is 4.54. The van der Waals surface area contributed by atoms with Crippen molar-refractivity contribution in [3.05, 3.63) is 65.1 Å². The number of pyridine rings is 1. The van der Waals surface area contributed by atoms with E-state index < -0.39 is 0 Å². The maximum absolute atomic E-state index is 11.0. The van der Waals surface area contributed by atoms with Crippen molar-refractivity contribution in [2.75, 3.05) is 0 Å². The number of rotatable bonds is 3. The normalized spacial score (nSPS) is 10.8. The Morgan fingerprint density at radius 1 is 1.26 bits per heavy atom. The first-order valence-electron chi connectivity index (χ1n) is 6.11. The molecule has 0 saturated carbocycles. The fourth-order valence-electron chi connectivity index (χ4n) is 2.14. The van der Waals surface area contributed by atoms with Crippen LogP contribution in [0.3, 0.4) is 0 Å². The molecular formula is C15H13N3O. The van der Waals surface area contributed by atoms with Crippen LogP contribution in [0.15, 0.2) is 42.6 Å². The minimum Gasteiger partial charge on any atom is -0.298 e. The highest BCUT2D eigenvalue weighted by molar-refractivity contribution is 5.83. The summed E-state index contributed by atoms with van der Waals surface area (Å²) in [5.41, 5.74) is 3.56. The number of aldehydes is 1. The van der Waals surface area contributed by atoms with E-state index in [4.69, 9.17) is 0 Å². The highest BCUT2D eigenvalue weighted by Crippen LogP contribution is 2.11. The number of aromatic nitrogens is 3. The lowest BCUT2D eigenvalue weighted by Gasteiger charge is -1.98. The van der Waals surface area contributed by atoms with Gasteiger partial charge in [-0.15, -0.1) is 0 Å². The number of aryl methyl sites for hydroxylation is 1. The Morgan fingerprint density at radius 2 is 2.16 bits per heavy atom. The molecule has 2 aromatic heterocycles. The van der Waals surface area contributed by atoms with Crippen LogP contribution in [-0.4, -0.2) is 20.9 Å². The maximum atomic E-state index is 11.0. The van der Waals surface area contributed by atoms with E-state index in [0.29, 0.717) is 17.6 Å². The van der Waals surface area contributed by atoms with Crippen LogP contribution in [0, 0.1) is 6.92 Å². The van der Waals surface area contributed by atoms with Crippen LogP contribution in [0.5, 0.6) is 0 Å². The lowest BCUT2D eigenvalue weighted by atomic mass is 10.1. The van der Waals surface area contributed by atoms with E-state index >= 15 is 0 Å². The molecule has 0 saturated heterocycles. The number of fused-ring (bicyclic) bond motifs is 1. The smallest absolute Gasteiger partial charge is 0.166 e. The molecule has 0 bridgehead atoms. The standard InChI is InChI=1S/C15H13N3O/c1-11-4-2-5-12(8-11)9-14-16-15-13(10-19)6-3-7-18(15)17-14/h2-8,10H,9H2,1H3. The Bertz CT molecular complexity index is 746. The number of hydrogen-bond donors (Lipinski definition) is 0. The minimum absolute atomic E-state index is 0.561. The molecule has 0 unspecified atom stereocenters. The summed E-state index contributed by atoms with van der Waals surface area (Å²) in [5, 5.41) is 4.39. The van der Waals surface area contributed by atoms with Crippen molar-refractivity contribution in [3.8, 4) is 0 Å². The van der Waals surface area contributed by atoms with Crippen LogP contribution in [0.25, 0.3) is 5.65 Å². The Hall–Kier alpha value is -2.49. The Morgan fingerprint density at radius 3 is 2.95 bits per heavy atom. The topological polar surface area (TPSA) is 47.3 Å². The van der Waals surface area contributed by atoms with Crippen molar-refractivity contribution >= 4 is 11.9 Å². The van der Waals surface area contributed by atoms with E-state index in [1.54, 1.807) is 22.8 Å². The molecule has 3 rings (SSSR count). The average Bonchev–Trinajstić information content (AvgIpc) is 2.80. The van der Waals surface area contributed by atoms with Crippen molar-refractivity contribution in [1.82, 2.24) is 14.6 Å². The largest absolute Gasteiger partial charge is 0.298 e. The molecule has 0 atom stereocenters. The molecule has 4 heteroatoms. The van der Waals surface area contributed by atoms with E-state index in [1.165, 1.54) is 11.1 Å². The Balaban J connectivity index is 2.00. The van der Waals surface area contributed by atoms with Crippen molar-refractivity contribution in [3.63, 3.8) is 0 Å². The van der Waals surface area contributed by atoms with E-state index in [9.17, 15) is 4.79 Å². The van der Waals surface area contributed by atoms with Gasteiger partial charge in [0.1, 0.15) is 0 Å². The van der Waals surface area contributed by atoms with Gasteiger partial charge in [-0.1, -0.05) is 29.8 Å². The minimum atomic E-state index is 0.561. The van der Waals surface area contributed by atoms with Crippen molar-refractivity contribution in [2.24, 2.45) is 0 Å². The molecule has 0 aliphatic heterocycles. The van der Waals surface area contributed by atoms with Crippen LogP contribution < -0.4 is 0 Å². The van der Waals surface area contributed by atoms with Gasteiger partial charge in [0, 0.05) is 12.6 Å². The summed E-state index contributed by atoms with van der Waals surface area (Å²) in [5.74, 6) is 0.722. The van der Waals surface area contributed by atoms with E-state index in [-0.39, 0.29) is 0 Å². The predicted molar refractivity (Wildman–Crippen MR) is 72.4 cm³/mol. The lowest BCUT2D eigenvalue weighted by molar-refractivity contribution is 0.112. The van der Waals surface area contributed by atoms with Gasteiger partial charge in [0.15, 0.2) is 17.8 Å². The SMILES string of the molecule is Cc1cccc(Cc2nc3c(C=O)cccn3n2)c1. The summed E-state index contributed by atoms with van der Waals surface area (Å²) in [6, 6.07) is 11.8. The summed E-state index contributed by atoms with van der Waals surface area (Å²) in [4.78, 5) is 15.4. The molecule has 2 heterocycles. The Labute approximate surface area is 110 Å². The van der Waals surface area contributed by atoms with Gasteiger partial charge < -0.3 is 0 Å². The second-order valence-corrected chi connectivity index (χ2v) is 4.54. The van der Waals surface area contributed by atoms with Crippen molar-refractivity contribution in [2.45, 2.75) is 13.3 Å². The van der Waals surface area contributed by atoms with Crippen LogP contribution in [0.4, 0.5) is 0 Å². The van der Waals surface area contributed by atoms with E-state index in [1.807, 2.05) is 6.07 Å². The molecule has 3 aromatic rings. The summed E-state index contributed by atoms with van der Waals surface area (Å²) in [6.07, 6.45) is 3.27. The summed E-state index contributed by atoms with van der Waals surface area (Å²) < 4.78 is 1.65. The highest BCUT2D eigenvalue weighted by atomic mass is 16.1. The van der Waals surface area contributed by atoms with Gasteiger partial charge in [0.05, 0.1) is 5.56 Å². The molecule has 0 aliphatic carbocycles. The molecule has 0 radical (unpaired) electrons. The first-order valence-corrected chi connectivity index (χ1v) is 6.11. The summed E-state index contributed by atoms with van der Waals surface area (Å²) in [6.45, 7) is 2.06. The maximum Gasteiger partial charge on any atom is 0.166 e. The molecule has 94 valence electrons. The van der Waals surface area contributed by atoms with Crippen molar-refractivity contribution in [1.29, 1.82) is 0 Å². The van der Waals surface area contributed by atoms with Gasteiger partial charge in [-0.05, 0) is 24.6 Å². The third kappa shape index (κ3) is 2.25. The third-order valence-electron chi connectivity index (χ3n) is 3.01. The molecular weight excluding hydrogens is 238 g/mol. The number of carbonyl (C=O) groups excluding carboxylic acids is 1. The molecule has 19 heavy (non-hydrogen) atoms. The number of benzene rings is 1. The van der Waals surface area contributed by atoms with Gasteiger partial charge in [-0.25, -0.2) is 9.50 Å². The van der Waals surface area contributed by atoms with Crippen molar-refractivity contribution < 1.29 is 4.79 Å². The summed E-state index contributed by atoms with van der Waals surface area (Å²) >= 11 is 0.